The summed E-state index contributed by atoms with van der Waals surface area (Å²) in [6.07, 6.45) is 5.64. The van der Waals surface area contributed by atoms with E-state index in [0.717, 1.165) is 32.4 Å². The van der Waals surface area contributed by atoms with E-state index in [2.05, 4.69) is 5.32 Å². The van der Waals surface area contributed by atoms with Gasteiger partial charge in [-0.2, -0.15) is 0 Å². The van der Waals surface area contributed by atoms with Crippen molar-refractivity contribution in [2.45, 2.75) is 32.1 Å². The first-order valence-electron chi connectivity index (χ1n) is 5.73. The summed E-state index contributed by atoms with van der Waals surface area (Å²) in [6.45, 7) is 2.71. The predicted octanol–water partition coefficient (Wildman–Crippen LogP) is 1.75. The number of hydrogen-bond donors (Lipinski definition) is 1. The Morgan fingerprint density at radius 1 is 1.27 bits per heavy atom. The molecule has 0 radical (unpaired) electrons. The molecule has 1 heterocycles. The minimum absolute atomic E-state index is 0. The highest BCUT2D eigenvalue weighted by atomic mass is 35.5. The van der Waals surface area contributed by atoms with Gasteiger partial charge in [0.1, 0.15) is 0 Å². The van der Waals surface area contributed by atoms with Gasteiger partial charge in [0.2, 0.25) is 0 Å². The highest BCUT2D eigenvalue weighted by Crippen LogP contribution is 2.26. The minimum Gasteiger partial charge on any atom is -0.465 e. The van der Waals surface area contributed by atoms with Gasteiger partial charge in [0.05, 0.1) is 12.5 Å². The van der Waals surface area contributed by atoms with Crippen molar-refractivity contribution < 1.29 is 9.53 Å². The van der Waals surface area contributed by atoms with E-state index in [0.29, 0.717) is 12.5 Å². The van der Waals surface area contributed by atoms with Crippen molar-refractivity contribution in [1.29, 1.82) is 0 Å². The van der Waals surface area contributed by atoms with E-state index >= 15 is 0 Å². The molecule has 2 aliphatic rings. The second-order valence-electron chi connectivity index (χ2n) is 4.47. The average molecular weight is 234 g/mol. The van der Waals surface area contributed by atoms with Crippen molar-refractivity contribution in [2.75, 3.05) is 19.7 Å². The normalized spacial score (nSPS) is 26.3. The van der Waals surface area contributed by atoms with Crippen LogP contribution in [0.4, 0.5) is 0 Å². The third-order valence-electron chi connectivity index (χ3n) is 3.31. The van der Waals surface area contributed by atoms with Crippen LogP contribution in [-0.2, 0) is 9.53 Å². The summed E-state index contributed by atoms with van der Waals surface area (Å²) in [6, 6.07) is 0. The molecule has 1 aliphatic carbocycles. The Kier molecular flexibility index (Phi) is 5.40. The molecule has 1 saturated carbocycles. The Balaban J connectivity index is 0.00000112. The first kappa shape index (κ1) is 12.8. The van der Waals surface area contributed by atoms with E-state index in [1.807, 2.05) is 0 Å². The van der Waals surface area contributed by atoms with Crippen LogP contribution in [0.2, 0.25) is 0 Å². The molecule has 1 saturated heterocycles. The molecule has 2 fully saturated rings. The third kappa shape index (κ3) is 3.65. The molecule has 0 bridgehead atoms. The summed E-state index contributed by atoms with van der Waals surface area (Å²) in [4.78, 5) is 11.6. The SMILES string of the molecule is Cl.O=C(OCC1CCNC1)C1CCCC1. The molecule has 3 nitrogen and oxygen atoms in total. The van der Waals surface area contributed by atoms with Crippen LogP contribution in [-0.4, -0.2) is 25.7 Å². The van der Waals surface area contributed by atoms with Crippen LogP contribution >= 0.6 is 12.4 Å². The van der Waals surface area contributed by atoms with Crippen LogP contribution in [0, 0.1) is 11.8 Å². The first-order chi connectivity index (χ1) is 6.86. The van der Waals surface area contributed by atoms with Gasteiger partial charge in [0, 0.05) is 12.5 Å². The fourth-order valence-corrected chi connectivity index (χ4v) is 2.34. The van der Waals surface area contributed by atoms with Gasteiger partial charge < -0.3 is 10.1 Å². The molecule has 1 N–H and O–H groups in total. The summed E-state index contributed by atoms with van der Waals surface area (Å²) in [5, 5.41) is 3.27. The zero-order chi connectivity index (χ0) is 9.80. The molecule has 1 unspecified atom stereocenters. The highest BCUT2D eigenvalue weighted by molar-refractivity contribution is 5.85. The van der Waals surface area contributed by atoms with Gasteiger partial charge >= 0.3 is 5.97 Å². The molecule has 88 valence electrons. The zero-order valence-electron chi connectivity index (χ0n) is 9.04. The lowest BCUT2D eigenvalue weighted by atomic mass is 10.1. The maximum Gasteiger partial charge on any atom is 0.308 e. The van der Waals surface area contributed by atoms with Crippen LogP contribution < -0.4 is 5.32 Å². The average Bonchev–Trinajstić information content (AvgIpc) is 2.87. The topological polar surface area (TPSA) is 38.3 Å². The largest absolute Gasteiger partial charge is 0.465 e. The lowest BCUT2D eigenvalue weighted by molar-refractivity contribution is -0.149. The molecule has 1 aliphatic heterocycles. The van der Waals surface area contributed by atoms with E-state index < -0.39 is 0 Å². The summed E-state index contributed by atoms with van der Waals surface area (Å²) in [5.74, 6) is 0.819. The van der Waals surface area contributed by atoms with Crippen molar-refractivity contribution in [1.82, 2.24) is 5.32 Å². The second-order valence-corrected chi connectivity index (χ2v) is 4.47. The lowest BCUT2D eigenvalue weighted by Gasteiger charge is -2.12. The van der Waals surface area contributed by atoms with Crippen molar-refractivity contribution >= 4 is 18.4 Å². The Hall–Kier alpha value is -0.280. The van der Waals surface area contributed by atoms with Crippen LogP contribution in [0.5, 0.6) is 0 Å². The number of rotatable bonds is 3. The Bertz CT molecular complexity index is 199. The molecular weight excluding hydrogens is 214 g/mol. The molecule has 1 atom stereocenters. The Morgan fingerprint density at radius 2 is 2.00 bits per heavy atom. The van der Waals surface area contributed by atoms with Crippen LogP contribution in [0.25, 0.3) is 0 Å². The quantitative estimate of drug-likeness (QED) is 0.755. The van der Waals surface area contributed by atoms with Gasteiger partial charge in [0.25, 0.3) is 0 Å². The minimum atomic E-state index is 0. The zero-order valence-corrected chi connectivity index (χ0v) is 9.85. The molecular formula is C11H20ClNO2. The van der Waals surface area contributed by atoms with E-state index in [-0.39, 0.29) is 24.3 Å². The first-order valence-corrected chi connectivity index (χ1v) is 5.73. The highest BCUT2D eigenvalue weighted by Gasteiger charge is 2.25. The molecule has 4 heteroatoms. The second kappa shape index (κ2) is 6.33. The molecule has 0 amide bonds. The van der Waals surface area contributed by atoms with Crippen LogP contribution in [0.3, 0.4) is 0 Å². The number of halogens is 1. The van der Waals surface area contributed by atoms with Crippen molar-refractivity contribution in [3.05, 3.63) is 0 Å². The lowest BCUT2D eigenvalue weighted by Crippen LogP contribution is -2.20. The molecule has 15 heavy (non-hydrogen) atoms. The van der Waals surface area contributed by atoms with E-state index in [4.69, 9.17) is 4.74 Å². The summed E-state index contributed by atoms with van der Waals surface area (Å²) in [5.41, 5.74) is 0. The van der Waals surface area contributed by atoms with E-state index in [9.17, 15) is 4.79 Å². The van der Waals surface area contributed by atoms with Crippen molar-refractivity contribution in [3.63, 3.8) is 0 Å². The molecule has 2 rings (SSSR count). The number of carbonyl (C=O) groups excluding carboxylic acids is 1. The molecule has 0 aromatic rings. The standard InChI is InChI=1S/C11H19NO2.ClH/c13-11(10-3-1-2-4-10)14-8-9-5-6-12-7-9;/h9-10,12H,1-8H2;1H. The number of ether oxygens (including phenoxy) is 1. The van der Waals surface area contributed by atoms with Crippen molar-refractivity contribution in [3.8, 4) is 0 Å². The van der Waals surface area contributed by atoms with E-state index in [1.54, 1.807) is 0 Å². The monoisotopic (exact) mass is 233 g/mol. The van der Waals surface area contributed by atoms with Crippen LogP contribution in [0.15, 0.2) is 0 Å². The fourth-order valence-electron chi connectivity index (χ4n) is 2.34. The summed E-state index contributed by atoms with van der Waals surface area (Å²) in [7, 11) is 0. The number of carbonyl (C=O) groups is 1. The van der Waals surface area contributed by atoms with E-state index in [1.165, 1.54) is 12.8 Å². The van der Waals surface area contributed by atoms with Gasteiger partial charge in [0.15, 0.2) is 0 Å². The predicted molar refractivity (Wildman–Crippen MR) is 61.1 cm³/mol. The number of hydrogen-bond acceptors (Lipinski definition) is 3. The van der Waals surface area contributed by atoms with Gasteiger partial charge in [-0.25, -0.2) is 0 Å². The number of nitrogens with one attached hydrogen (secondary N) is 1. The molecule has 0 aromatic carbocycles. The Morgan fingerprint density at radius 3 is 2.60 bits per heavy atom. The fraction of sp³-hybridized carbons (Fsp3) is 0.909. The summed E-state index contributed by atoms with van der Waals surface area (Å²) < 4.78 is 5.33. The summed E-state index contributed by atoms with van der Waals surface area (Å²) >= 11 is 0. The molecule has 0 spiro atoms. The third-order valence-corrected chi connectivity index (χ3v) is 3.31. The smallest absolute Gasteiger partial charge is 0.308 e. The molecule has 0 aromatic heterocycles. The van der Waals surface area contributed by atoms with Gasteiger partial charge in [-0.1, -0.05) is 12.8 Å². The maximum atomic E-state index is 11.6. The van der Waals surface area contributed by atoms with Crippen LogP contribution in [0.1, 0.15) is 32.1 Å². The Labute approximate surface area is 97.4 Å². The van der Waals surface area contributed by atoms with Gasteiger partial charge in [-0.15, -0.1) is 12.4 Å². The van der Waals surface area contributed by atoms with Gasteiger partial charge in [-0.3, -0.25) is 4.79 Å². The number of esters is 1. The van der Waals surface area contributed by atoms with Crippen molar-refractivity contribution in [2.24, 2.45) is 11.8 Å². The maximum absolute atomic E-state index is 11.6. The van der Waals surface area contributed by atoms with Gasteiger partial charge in [-0.05, 0) is 25.8 Å².